The quantitative estimate of drug-likeness (QED) is 0.513. The van der Waals surface area contributed by atoms with Crippen molar-refractivity contribution in [1.82, 2.24) is 0 Å². The van der Waals surface area contributed by atoms with Crippen LogP contribution in [0, 0.1) is 6.08 Å². The minimum absolute atomic E-state index is 0. The first-order chi connectivity index (χ1) is 5.83. The molecule has 0 aromatic carbocycles. The topological polar surface area (TPSA) is 0 Å². The Bertz CT molecular complexity index is 189. The maximum absolute atomic E-state index is 3.41. The van der Waals surface area contributed by atoms with Crippen molar-refractivity contribution in [2.75, 3.05) is 0 Å². The zero-order valence-corrected chi connectivity index (χ0v) is 11.3. The molecule has 0 aromatic rings. The molecule has 0 saturated heterocycles. The molecule has 0 fully saturated rings. The van der Waals surface area contributed by atoms with Crippen molar-refractivity contribution in [1.29, 1.82) is 0 Å². The van der Waals surface area contributed by atoms with Gasteiger partial charge < -0.3 is 0 Å². The van der Waals surface area contributed by atoms with Crippen molar-refractivity contribution in [3.8, 4) is 0 Å². The molecule has 0 radical (unpaired) electrons. The fraction of sp³-hybridized carbons (Fsp3) is 0.667. The van der Waals surface area contributed by atoms with Crippen LogP contribution in [0.15, 0.2) is 17.2 Å². The van der Waals surface area contributed by atoms with Gasteiger partial charge in [-0.3, -0.25) is 0 Å². The van der Waals surface area contributed by atoms with Crippen LogP contribution < -0.4 is 0 Å². The van der Waals surface area contributed by atoms with Gasteiger partial charge in [0.15, 0.2) is 0 Å². The van der Waals surface area contributed by atoms with Crippen LogP contribution in [0.5, 0.6) is 0 Å². The Morgan fingerprint density at radius 2 is 2.08 bits per heavy atom. The average Bonchev–Trinajstić information content (AvgIpc) is 2.45. The van der Waals surface area contributed by atoms with Gasteiger partial charge in [-0.15, -0.1) is 0 Å². The molecular weight excluding hydrogens is 235 g/mol. The van der Waals surface area contributed by atoms with Crippen molar-refractivity contribution in [3.05, 3.63) is 23.3 Å². The van der Waals surface area contributed by atoms with Gasteiger partial charge in [-0.2, -0.15) is 5.57 Å². The standard InChI is InChI=1S/C12H19.Zr/c1-3-4-5-6-7-12-9-8-11(2)10-12;/h9H,3-8H2,1-2H3;/q-1;. The van der Waals surface area contributed by atoms with E-state index in [2.05, 4.69) is 26.0 Å². The van der Waals surface area contributed by atoms with E-state index in [0.717, 1.165) is 6.42 Å². The summed E-state index contributed by atoms with van der Waals surface area (Å²) >= 11 is 0. The van der Waals surface area contributed by atoms with Gasteiger partial charge in [-0.1, -0.05) is 52.4 Å². The normalized spacial score (nSPS) is 14.9. The SMILES string of the molecule is CCCCCCC1=CCC(C)=[C-]1.[Zr]. The number of hydrogen-bond donors (Lipinski definition) is 0. The minimum atomic E-state index is 0. The van der Waals surface area contributed by atoms with Crippen molar-refractivity contribution in [2.45, 2.75) is 52.4 Å². The second-order valence-corrected chi connectivity index (χ2v) is 3.65. The van der Waals surface area contributed by atoms with Crippen molar-refractivity contribution >= 4 is 0 Å². The average molecular weight is 255 g/mol. The van der Waals surface area contributed by atoms with Crippen LogP contribution in [0.3, 0.4) is 0 Å². The third kappa shape index (κ3) is 5.63. The zero-order valence-electron chi connectivity index (χ0n) is 8.82. The molecule has 0 nitrogen and oxygen atoms in total. The summed E-state index contributed by atoms with van der Waals surface area (Å²) in [5.74, 6) is 0. The molecule has 0 atom stereocenters. The molecule has 0 saturated carbocycles. The predicted molar refractivity (Wildman–Crippen MR) is 53.9 cm³/mol. The number of rotatable bonds is 5. The first-order valence-corrected chi connectivity index (χ1v) is 5.11. The molecule has 1 aliphatic rings. The van der Waals surface area contributed by atoms with E-state index < -0.39 is 0 Å². The molecule has 0 N–H and O–H groups in total. The Hall–Kier alpha value is 0.363. The fourth-order valence-corrected chi connectivity index (χ4v) is 1.56. The van der Waals surface area contributed by atoms with Crippen molar-refractivity contribution in [3.63, 3.8) is 0 Å². The summed E-state index contributed by atoms with van der Waals surface area (Å²) in [5, 5.41) is 0. The van der Waals surface area contributed by atoms with Crippen LogP contribution in [0.4, 0.5) is 0 Å². The molecule has 1 rings (SSSR count). The largest absolute Gasteiger partial charge is 0.250 e. The smallest absolute Gasteiger partial charge is 0 e. The van der Waals surface area contributed by atoms with E-state index in [4.69, 9.17) is 0 Å². The second-order valence-electron chi connectivity index (χ2n) is 3.65. The summed E-state index contributed by atoms with van der Waals surface area (Å²) < 4.78 is 0. The van der Waals surface area contributed by atoms with Crippen LogP contribution in [-0.2, 0) is 26.2 Å². The van der Waals surface area contributed by atoms with E-state index in [1.54, 1.807) is 0 Å². The van der Waals surface area contributed by atoms with Gasteiger partial charge in [0.2, 0.25) is 0 Å². The summed E-state index contributed by atoms with van der Waals surface area (Å²) in [6, 6.07) is 0. The maximum atomic E-state index is 3.41. The molecule has 1 aliphatic carbocycles. The van der Waals surface area contributed by atoms with Crippen LogP contribution >= 0.6 is 0 Å². The monoisotopic (exact) mass is 253 g/mol. The molecular formula is C12H19Zr-. The van der Waals surface area contributed by atoms with Crippen molar-refractivity contribution < 1.29 is 26.2 Å². The molecule has 1 heteroatoms. The second kappa shape index (κ2) is 7.74. The molecule has 0 spiro atoms. The Balaban J connectivity index is 0.00000144. The van der Waals surface area contributed by atoms with E-state index >= 15 is 0 Å². The Morgan fingerprint density at radius 3 is 2.62 bits per heavy atom. The molecule has 0 unspecified atom stereocenters. The van der Waals surface area contributed by atoms with E-state index in [9.17, 15) is 0 Å². The first kappa shape index (κ1) is 13.4. The van der Waals surface area contributed by atoms with Gasteiger partial charge in [-0.25, -0.2) is 17.7 Å². The number of unbranched alkanes of at least 4 members (excludes halogenated alkanes) is 3. The summed E-state index contributed by atoms with van der Waals surface area (Å²) in [4.78, 5) is 0. The summed E-state index contributed by atoms with van der Waals surface area (Å²) in [7, 11) is 0. The third-order valence-electron chi connectivity index (χ3n) is 2.33. The van der Waals surface area contributed by atoms with Gasteiger partial charge in [0.1, 0.15) is 0 Å². The third-order valence-corrected chi connectivity index (χ3v) is 2.33. The molecule has 0 heterocycles. The Kier molecular flexibility index (Phi) is 7.95. The number of hydrogen-bond acceptors (Lipinski definition) is 0. The molecule has 13 heavy (non-hydrogen) atoms. The van der Waals surface area contributed by atoms with Gasteiger partial charge in [0, 0.05) is 26.2 Å². The van der Waals surface area contributed by atoms with Crippen LogP contribution in [-0.4, -0.2) is 0 Å². The van der Waals surface area contributed by atoms with Crippen molar-refractivity contribution in [2.24, 2.45) is 0 Å². The van der Waals surface area contributed by atoms with E-state index in [1.807, 2.05) is 0 Å². The minimum Gasteiger partial charge on any atom is -0.250 e. The summed E-state index contributed by atoms with van der Waals surface area (Å²) in [6.45, 7) is 4.42. The van der Waals surface area contributed by atoms with Gasteiger partial charge in [-0.05, 0) is 0 Å². The zero-order chi connectivity index (χ0) is 8.81. The molecule has 0 bridgehead atoms. The van der Waals surface area contributed by atoms with Gasteiger partial charge >= 0.3 is 0 Å². The maximum Gasteiger partial charge on any atom is 0 e. The van der Waals surface area contributed by atoms with Gasteiger partial charge in [0.05, 0.1) is 0 Å². The van der Waals surface area contributed by atoms with Crippen LogP contribution in [0.25, 0.3) is 0 Å². The summed E-state index contributed by atoms with van der Waals surface area (Å²) in [5.41, 5.74) is 2.85. The molecule has 0 aliphatic heterocycles. The predicted octanol–water partition coefficient (Wildman–Crippen LogP) is 4.03. The van der Waals surface area contributed by atoms with E-state index in [-0.39, 0.29) is 26.2 Å². The first-order valence-electron chi connectivity index (χ1n) is 5.11. The van der Waals surface area contributed by atoms with E-state index in [0.29, 0.717) is 0 Å². The number of allylic oxidation sites excluding steroid dienone is 4. The molecule has 0 amide bonds. The summed E-state index contributed by atoms with van der Waals surface area (Å²) in [6.07, 6.45) is 13.6. The Labute approximate surface area is 102 Å². The van der Waals surface area contributed by atoms with Crippen LogP contribution in [0.1, 0.15) is 52.4 Å². The van der Waals surface area contributed by atoms with E-state index in [1.165, 1.54) is 43.3 Å². The fourth-order valence-electron chi connectivity index (χ4n) is 1.56. The van der Waals surface area contributed by atoms with Crippen LogP contribution in [0.2, 0.25) is 0 Å². The Morgan fingerprint density at radius 1 is 1.31 bits per heavy atom. The molecule has 72 valence electrons. The van der Waals surface area contributed by atoms with Gasteiger partial charge in [0.25, 0.3) is 0 Å². The molecule has 0 aromatic heterocycles.